The van der Waals surface area contributed by atoms with E-state index in [1.807, 2.05) is 12.4 Å². The summed E-state index contributed by atoms with van der Waals surface area (Å²) in [4.78, 5) is 66.0. The van der Waals surface area contributed by atoms with Gasteiger partial charge in [-0.25, -0.2) is 4.79 Å². The van der Waals surface area contributed by atoms with Crippen LogP contribution >= 0.6 is 11.6 Å². The molecule has 54 heavy (non-hydrogen) atoms. The fraction of sp³-hybridized carbons (Fsp3) is 0.550. The number of aromatic nitrogens is 6. The molecular formula is C40H61ClN8O4Sn. The summed E-state index contributed by atoms with van der Waals surface area (Å²) in [6.07, 6.45) is 21.0. The standard InChI is InChI=1S/C22H23ClN6O4.C4H3N2.3C4H9.2CH4.Sn/c1-22(2,3)33-21(32)29-8-6-28(7-9-29)20(31)19(30)13-10-26-18-16(13)14(23)11-27-17(18)15-12-24-4-5-25-15;1-2-6-4-3-5-1;3*1-3-4-2;;;/h4-5,10-12,26H,6-9H2,1-3H3;1-3H;3*1,3-4H2,2H3;2*1H4;. The van der Waals surface area contributed by atoms with E-state index in [4.69, 9.17) is 21.3 Å². The average molecular weight is 872 g/mol. The Morgan fingerprint density at radius 1 is 0.796 bits per heavy atom. The molecule has 4 aromatic heterocycles. The molecule has 296 valence electrons. The molecule has 2 amide bonds. The number of ether oxygens (including phenoxy) is 1. The molecule has 1 aliphatic rings. The fourth-order valence-electron chi connectivity index (χ4n) is 6.46. The van der Waals surface area contributed by atoms with Crippen molar-refractivity contribution in [3.63, 3.8) is 0 Å². The number of halogens is 1. The molecule has 0 saturated carbocycles. The Kier molecular flexibility index (Phi) is 19.0. The zero-order chi connectivity index (χ0) is 37.7. The van der Waals surface area contributed by atoms with Crippen LogP contribution in [0.4, 0.5) is 4.79 Å². The third-order valence-corrected chi connectivity index (χ3v) is 24.6. The van der Waals surface area contributed by atoms with Crippen LogP contribution in [0.1, 0.15) is 105 Å². The number of carbonyl (C=O) groups excluding carboxylic acids is 3. The van der Waals surface area contributed by atoms with Gasteiger partial charge >= 0.3 is 129 Å². The number of piperazine rings is 1. The summed E-state index contributed by atoms with van der Waals surface area (Å²) in [5, 5.41) is 0.642. The summed E-state index contributed by atoms with van der Waals surface area (Å²) in [7, 11) is 0. The van der Waals surface area contributed by atoms with Crippen LogP contribution in [-0.4, -0.2) is 108 Å². The SMILES string of the molecule is C.C.CC(C)(C)OC(=O)N1CCN(C(=O)C(=O)c2c[nH]c3c(-c4cnccn4)ncc(Cl)c23)CC1.CCC[CH2][Sn]([CH2]CCC)([CH2]CCC)[c]1cnccn1. The molecule has 0 aliphatic carbocycles. The van der Waals surface area contributed by atoms with Crippen LogP contribution in [0, 0.1) is 0 Å². The topological polar surface area (TPSA) is 147 Å². The second kappa shape index (κ2) is 22.0. The zero-order valence-electron chi connectivity index (χ0n) is 31.5. The molecule has 0 spiro atoms. The molecule has 0 atom stereocenters. The molecule has 5 heterocycles. The summed E-state index contributed by atoms with van der Waals surface area (Å²) in [6.45, 7) is 13.3. The number of nitrogens with one attached hydrogen (secondary N) is 1. The van der Waals surface area contributed by atoms with E-state index < -0.39 is 41.8 Å². The molecule has 0 unspecified atom stereocenters. The third-order valence-electron chi connectivity index (χ3n) is 9.26. The predicted octanol–water partition coefficient (Wildman–Crippen LogP) is 8.74. The molecule has 1 saturated heterocycles. The van der Waals surface area contributed by atoms with Gasteiger partial charge in [0.25, 0.3) is 11.7 Å². The van der Waals surface area contributed by atoms with Crippen molar-refractivity contribution in [2.75, 3.05) is 26.2 Å². The van der Waals surface area contributed by atoms with E-state index >= 15 is 0 Å². The van der Waals surface area contributed by atoms with Crippen molar-refractivity contribution in [2.24, 2.45) is 0 Å². The average Bonchev–Trinajstić information content (AvgIpc) is 3.61. The van der Waals surface area contributed by atoms with Crippen LogP contribution in [0.25, 0.3) is 22.3 Å². The Hall–Kier alpha value is -3.65. The van der Waals surface area contributed by atoms with Gasteiger partial charge in [0.1, 0.15) is 17.0 Å². The normalized spacial score (nSPS) is 12.9. The Balaban J connectivity index is 0.000000414. The van der Waals surface area contributed by atoms with Crippen LogP contribution in [0.3, 0.4) is 0 Å². The molecule has 0 aromatic carbocycles. The van der Waals surface area contributed by atoms with Crippen molar-refractivity contribution in [1.29, 1.82) is 0 Å². The Labute approximate surface area is 331 Å². The van der Waals surface area contributed by atoms with Gasteiger partial charge in [0.2, 0.25) is 0 Å². The van der Waals surface area contributed by atoms with Crippen LogP contribution < -0.4 is 3.71 Å². The molecule has 0 bridgehead atoms. The van der Waals surface area contributed by atoms with Crippen molar-refractivity contribution < 1.29 is 19.1 Å². The van der Waals surface area contributed by atoms with E-state index in [0.29, 0.717) is 22.3 Å². The number of unbranched alkanes of at least 4 members (excludes halogenated alkanes) is 3. The first-order valence-electron chi connectivity index (χ1n) is 18.4. The number of nitrogens with zero attached hydrogens (tertiary/aromatic N) is 7. The van der Waals surface area contributed by atoms with Crippen molar-refractivity contribution in [3.05, 3.63) is 60.2 Å². The maximum absolute atomic E-state index is 13.1. The second-order valence-electron chi connectivity index (χ2n) is 14.3. The molecular weight excluding hydrogens is 811 g/mol. The minimum atomic E-state index is -2.27. The van der Waals surface area contributed by atoms with Crippen molar-refractivity contribution in [2.45, 2.75) is 114 Å². The Bertz CT molecular complexity index is 1740. The number of aromatic amines is 1. The van der Waals surface area contributed by atoms with Gasteiger partial charge in [-0.2, -0.15) is 0 Å². The first kappa shape index (κ1) is 46.5. The number of amides is 2. The number of fused-ring (bicyclic) bond motifs is 1. The van der Waals surface area contributed by atoms with Crippen molar-refractivity contribution in [3.8, 4) is 11.4 Å². The van der Waals surface area contributed by atoms with E-state index in [1.165, 1.54) is 83.9 Å². The number of hydrogen-bond donors (Lipinski definition) is 1. The monoisotopic (exact) mass is 872 g/mol. The Morgan fingerprint density at radius 3 is 1.85 bits per heavy atom. The summed E-state index contributed by atoms with van der Waals surface area (Å²) in [5.41, 5.74) is 1.02. The molecule has 0 radical (unpaired) electrons. The molecule has 4 aromatic rings. The first-order valence-corrected chi connectivity index (χ1v) is 26.3. The van der Waals surface area contributed by atoms with E-state index in [9.17, 15) is 14.4 Å². The number of Topliss-reactive ketones (excluding diaryl/α,β-unsaturated/α-hetero) is 1. The van der Waals surface area contributed by atoms with Gasteiger partial charge in [-0.3, -0.25) is 24.5 Å². The summed E-state index contributed by atoms with van der Waals surface area (Å²) < 4.78 is 11.2. The Morgan fingerprint density at radius 2 is 1.35 bits per heavy atom. The third kappa shape index (κ3) is 12.2. The van der Waals surface area contributed by atoms with Gasteiger partial charge < -0.3 is 19.5 Å². The summed E-state index contributed by atoms with van der Waals surface area (Å²) in [6, 6.07) is 0. The van der Waals surface area contributed by atoms with Gasteiger partial charge in [-0.15, -0.1) is 0 Å². The van der Waals surface area contributed by atoms with Crippen LogP contribution in [-0.2, 0) is 9.53 Å². The molecule has 1 fully saturated rings. The minimum absolute atomic E-state index is 0. The molecule has 12 nitrogen and oxygen atoms in total. The van der Waals surface area contributed by atoms with E-state index in [-0.39, 0.29) is 51.6 Å². The fourth-order valence-corrected chi connectivity index (χ4v) is 21.8. The maximum atomic E-state index is 13.1. The molecule has 1 N–H and O–H groups in total. The second-order valence-corrected chi connectivity index (χ2v) is 27.7. The van der Waals surface area contributed by atoms with Crippen molar-refractivity contribution in [1.82, 2.24) is 39.7 Å². The molecule has 1 aliphatic heterocycles. The van der Waals surface area contributed by atoms with Gasteiger partial charge in [-0.05, 0) is 20.8 Å². The van der Waals surface area contributed by atoms with Crippen LogP contribution in [0.2, 0.25) is 18.3 Å². The van der Waals surface area contributed by atoms with E-state index in [2.05, 4.69) is 51.9 Å². The number of hydrogen-bond acceptors (Lipinski definition) is 9. The number of rotatable bonds is 13. The van der Waals surface area contributed by atoms with E-state index in [0.717, 1.165) is 0 Å². The van der Waals surface area contributed by atoms with Crippen LogP contribution in [0.15, 0.2) is 49.6 Å². The first-order chi connectivity index (χ1) is 24.9. The van der Waals surface area contributed by atoms with E-state index in [1.54, 1.807) is 33.2 Å². The number of H-pyrrole nitrogens is 1. The van der Waals surface area contributed by atoms with Gasteiger partial charge in [-0.1, -0.05) is 26.5 Å². The molecule has 14 heteroatoms. The van der Waals surface area contributed by atoms with Gasteiger partial charge in [0, 0.05) is 56.4 Å². The zero-order valence-corrected chi connectivity index (χ0v) is 35.1. The summed E-state index contributed by atoms with van der Waals surface area (Å²) in [5.74, 6) is -1.35. The molecule has 5 rings (SSSR count). The quantitative estimate of drug-likeness (QED) is 0.0792. The van der Waals surface area contributed by atoms with Crippen molar-refractivity contribution >= 4 is 62.4 Å². The number of ketones is 1. The predicted molar refractivity (Wildman–Crippen MR) is 221 cm³/mol. The summed E-state index contributed by atoms with van der Waals surface area (Å²) >= 11 is 4.08. The van der Waals surface area contributed by atoms with Crippen LogP contribution in [0.5, 0.6) is 0 Å². The number of carbonyl (C=O) groups is 3. The number of pyridine rings is 1. The van der Waals surface area contributed by atoms with Gasteiger partial charge in [0.15, 0.2) is 0 Å². The van der Waals surface area contributed by atoms with Gasteiger partial charge in [0.05, 0.1) is 22.3 Å².